The maximum absolute atomic E-state index is 12.3. The number of carbonyl (C=O) groups excluding carboxylic acids is 2. The number of ether oxygens (including phenoxy) is 2. The number of amides is 1. The van der Waals surface area contributed by atoms with Crippen molar-refractivity contribution < 1.29 is 29.3 Å². The van der Waals surface area contributed by atoms with E-state index in [2.05, 4.69) is 17.4 Å². The Balaban J connectivity index is 1.30. The molecule has 4 rings (SSSR count). The van der Waals surface area contributed by atoms with Crippen LogP contribution in [0.3, 0.4) is 0 Å². The van der Waals surface area contributed by atoms with E-state index < -0.39 is 24.3 Å². The number of nitrogens with one attached hydrogen (secondary N) is 1. The maximum Gasteiger partial charge on any atom is 0.407 e. The average molecular weight is 447 g/mol. The van der Waals surface area contributed by atoms with Crippen LogP contribution >= 0.6 is 0 Å². The summed E-state index contributed by atoms with van der Waals surface area (Å²) < 4.78 is 10.4. The fourth-order valence-electron chi connectivity index (χ4n) is 4.07. The van der Waals surface area contributed by atoms with Gasteiger partial charge in [-0.1, -0.05) is 60.7 Å². The van der Waals surface area contributed by atoms with Gasteiger partial charge in [-0.2, -0.15) is 0 Å². The van der Waals surface area contributed by atoms with Crippen LogP contribution in [0.5, 0.6) is 5.75 Å². The van der Waals surface area contributed by atoms with Gasteiger partial charge in [-0.05, 0) is 39.9 Å². The van der Waals surface area contributed by atoms with Crippen molar-refractivity contribution in [2.24, 2.45) is 0 Å². The minimum absolute atomic E-state index is 0.0607. The Morgan fingerprint density at radius 1 is 0.909 bits per heavy atom. The largest absolute Gasteiger partial charge is 0.449 e. The molecule has 2 atom stereocenters. The summed E-state index contributed by atoms with van der Waals surface area (Å²) in [5, 5.41) is 23.1. The SMILES string of the molecule is CC(=O)Oc1ccc(C(O)C(O)CNC(=O)OCC2c3ccccc3-c3ccccc32)cc1. The van der Waals surface area contributed by atoms with Gasteiger partial charge in [0.2, 0.25) is 0 Å². The summed E-state index contributed by atoms with van der Waals surface area (Å²) in [4.78, 5) is 23.2. The number of alkyl carbamates (subject to hydrolysis) is 1. The van der Waals surface area contributed by atoms with Gasteiger partial charge in [0.25, 0.3) is 0 Å². The summed E-state index contributed by atoms with van der Waals surface area (Å²) >= 11 is 0. The van der Waals surface area contributed by atoms with Crippen molar-refractivity contribution >= 4 is 12.1 Å². The highest BCUT2D eigenvalue weighted by Gasteiger charge is 2.29. The second-order valence-corrected chi connectivity index (χ2v) is 7.88. The normalized spacial score (nSPS) is 14.0. The number of carbonyl (C=O) groups is 2. The Morgan fingerprint density at radius 2 is 1.48 bits per heavy atom. The van der Waals surface area contributed by atoms with Crippen LogP contribution in [-0.4, -0.2) is 41.5 Å². The smallest absolute Gasteiger partial charge is 0.407 e. The van der Waals surface area contributed by atoms with E-state index in [1.807, 2.05) is 36.4 Å². The van der Waals surface area contributed by atoms with E-state index in [1.165, 1.54) is 19.1 Å². The highest BCUT2D eigenvalue weighted by Crippen LogP contribution is 2.44. The second kappa shape index (κ2) is 9.85. The molecule has 0 fully saturated rings. The molecule has 0 heterocycles. The molecule has 0 saturated heterocycles. The van der Waals surface area contributed by atoms with Gasteiger partial charge < -0.3 is 25.0 Å². The van der Waals surface area contributed by atoms with E-state index in [9.17, 15) is 19.8 Å². The number of fused-ring (bicyclic) bond motifs is 3. The third kappa shape index (κ3) is 5.05. The van der Waals surface area contributed by atoms with Gasteiger partial charge in [0, 0.05) is 19.4 Å². The first-order valence-corrected chi connectivity index (χ1v) is 10.7. The van der Waals surface area contributed by atoms with Crippen LogP contribution in [-0.2, 0) is 9.53 Å². The summed E-state index contributed by atoms with van der Waals surface area (Å²) in [5.74, 6) is -0.172. The van der Waals surface area contributed by atoms with Gasteiger partial charge in [0.05, 0.1) is 0 Å². The Kier molecular flexibility index (Phi) is 6.72. The van der Waals surface area contributed by atoms with Crippen molar-refractivity contribution in [1.29, 1.82) is 0 Å². The molecule has 0 spiro atoms. The summed E-state index contributed by atoms with van der Waals surface area (Å²) in [6.07, 6.45) is -3.15. The van der Waals surface area contributed by atoms with Crippen molar-refractivity contribution in [3.63, 3.8) is 0 Å². The van der Waals surface area contributed by atoms with Crippen molar-refractivity contribution in [2.75, 3.05) is 13.2 Å². The molecule has 0 bridgehead atoms. The molecule has 0 saturated carbocycles. The topological polar surface area (TPSA) is 105 Å². The lowest BCUT2D eigenvalue weighted by Gasteiger charge is -2.19. The van der Waals surface area contributed by atoms with Crippen LogP contribution in [0.25, 0.3) is 11.1 Å². The van der Waals surface area contributed by atoms with Gasteiger partial charge in [-0.25, -0.2) is 4.79 Å². The lowest BCUT2D eigenvalue weighted by molar-refractivity contribution is -0.131. The zero-order valence-corrected chi connectivity index (χ0v) is 18.1. The highest BCUT2D eigenvalue weighted by atomic mass is 16.5. The van der Waals surface area contributed by atoms with Crippen molar-refractivity contribution in [1.82, 2.24) is 5.32 Å². The average Bonchev–Trinajstić information content (AvgIpc) is 3.14. The van der Waals surface area contributed by atoms with Crippen LogP contribution in [0, 0.1) is 0 Å². The highest BCUT2D eigenvalue weighted by molar-refractivity contribution is 5.79. The summed E-state index contributed by atoms with van der Waals surface area (Å²) in [7, 11) is 0. The van der Waals surface area contributed by atoms with Crippen LogP contribution in [0.4, 0.5) is 4.79 Å². The van der Waals surface area contributed by atoms with Crippen LogP contribution in [0.2, 0.25) is 0 Å². The molecule has 0 aromatic heterocycles. The Bertz CT molecular complexity index is 1100. The van der Waals surface area contributed by atoms with Gasteiger partial charge in [-0.3, -0.25) is 4.79 Å². The third-order valence-electron chi connectivity index (χ3n) is 5.65. The first-order valence-electron chi connectivity index (χ1n) is 10.7. The van der Waals surface area contributed by atoms with Gasteiger partial charge in [0.1, 0.15) is 24.6 Å². The lowest BCUT2D eigenvalue weighted by atomic mass is 9.98. The number of esters is 1. The molecular formula is C26H25NO6. The standard InChI is InChI=1S/C26H25NO6/c1-16(28)33-18-12-10-17(11-13-18)25(30)24(29)14-27-26(31)32-15-23-21-8-4-2-6-19(21)20-7-3-5-9-22(20)23/h2-13,23-25,29-30H,14-15H2,1H3,(H,27,31). The number of aliphatic hydroxyl groups is 2. The molecule has 7 nitrogen and oxygen atoms in total. The molecule has 7 heteroatoms. The van der Waals surface area contributed by atoms with Crippen LogP contribution in [0.1, 0.15) is 35.6 Å². The zero-order chi connectivity index (χ0) is 23.4. The van der Waals surface area contributed by atoms with E-state index in [0.717, 1.165) is 22.3 Å². The van der Waals surface area contributed by atoms with Gasteiger partial charge >= 0.3 is 12.1 Å². The molecule has 1 amide bonds. The number of rotatable bonds is 7. The predicted octanol–water partition coefficient (Wildman–Crippen LogP) is 3.54. The Morgan fingerprint density at radius 3 is 2.06 bits per heavy atom. The number of benzene rings is 3. The first-order chi connectivity index (χ1) is 15.9. The summed E-state index contributed by atoms with van der Waals surface area (Å²) in [6.45, 7) is 1.27. The molecule has 3 N–H and O–H groups in total. The molecule has 3 aromatic rings. The molecule has 0 radical (unpaired) electrons. The van der Waals surface area contributed by atoms with Crippen molar-refractivity contribution in [2.45, 2.75) is 25.0 Å². The van der Waals surface area contributed by atoms with E-state index in [0.29, 0.717) is 11.3 Å². The predicted molar refractivity (Wildman–Crippen MR) is 122 cm³/mol. The maximum atomic E-state index is 12.3. The van der Waals surface area contributed by atoms with E-state index >= 15 is 0 Å². The fourth-order valence-corrected chi connectivity index (χ4v) is 4.07. The van der Waals surface area contributed by atoms with Crippen LogP contribution < -0.4 is 10.1 Å². The number of aliphatic hydroxyl groups excluding tert-OH is 2. The monoisotopic (exact) mass is 447 g/mol. The molecular weight excluding hydrogens is 422 g/mol. The quantitative estimate of drug-likeness (QED) is 0.378. The third-order valence-corrected chi connectivity index (χ3v) is 5.65. The Labute approximate surface area is 191 Å². The van der Waals surface area contributed by atoms with Crippen molar-refractivity contribution in [3.05, 3.63) is 89.5 Å². The first kappa shape index (κ1) is 22.5. The van der Waals surface area contributed by atoms with Gasteiger partial charge in [0.15, 0.2) is 0 Å². The number of hydrogen-bond acceptors (Lipinski definition) is 6. The zero-order valence-electron chi connectivity index (χ0n) is 18.1. The van der Waals surface area contributed by atoms with Crippen molar-refractivity contribution in [3.8, 4) is 16.9 Å². The molecule has 1 aliphatic rings. The molecule has 2 unspecified atom stereocenters. The minimum atomic E-state index is -1.25. The van der Waals surface area contributed by atoms with E-state index in [4.69, 9.17) is 9.47 Å². The molecule has 170 valence electrons. The Hall–Kier alpha value is -3.68. The summed E-state index contributed by atoms with van der Waals surface area (Å²) in [6, 6.07) is 22.2. The van der Waals surface area contributed by atoms with E-state index in [-0.39, 0.29) is 19.1 Å². The molecule has 3 aromatic carbocycles. The van der Waals surface area contributed by atoms with Crippen LogP contribution in [0.15, 0.2) is 72.8 Å². The van der Waals surface area contributed by atoms with Gasteiger partial charge in [-0.15, -0.1) is 0 Å². The minimum Gasteiger partial charge on any atom is -0.449 e. The summed E-state index contributed by atoms with van der Waals surface area (Å²) in [5.41, 5.74) is 4.92. The lowest BCUT2D eigenvalue weighted by Crippen LogP contribution is -2.36. The molecule has 33 heavy (non-hydrogen) atoms. The molecule has 1 aliphatic carbocycles. The fraction of sp³-hybridized carbons (Fsp3) is 0.231. The second-order valence-electron chi connectivity index (χ2n) is 7.88. The van der Waals surface area contributed by atoms with E-state index in [1.54, 1.807) is 12.1 Å². The molecule has 0 aliphatic heterocycles. The number of hydrogen-bond donors (Lipinski definition) is 3.